The summed E-state index contributed by atoms with van der Waals surface area (Å²) in [5.74, 6) is 1.05. The van der Waals surface area contributed by atoms with Crippen molar-refractivity contribution in [2.24, 2.45) is 0 Å². The maximum atomic E-state index is 6.18. The van der Waals surface area contributed by atoms with Crippen LogP contribution < -0.4 is 15.8 Å². The molecule has 1 aromatic heterocycles. The van der Waals surface area contributed by atoms with Gasteiger partial charge in [0.05, 0.1) is 18.8 Å². The summed E-state index contributed by atoms with van der Waals surface area (Å²) in [6, 6.07) is 8.91. The van der Waals surface area contributed by atoms with Gasteiger partial charge in [0.25, 0.3) is 0 Å². The lowest BCUT2D eigenvalue weighted by Crippen LogP contribution is -2.09. The second-order valence-corrected chi connectivity index (χ2v) is 5.17. The van der Waals surface area contributed by atoms with Crippen molar-refractivity contribution in [3.8, 4) is 5.88 Å². The van der Waals surface area contributed by atoms with Crippen LogP contribution in [0, 0.1) is 0 Å². The van der Waals surface area contributed by atoms with Gasteiger partial charge in [-0.25, -0.2) is 0 Å². The first kappa shape index (κ1) is 14.8. The third kappa shape index (κ3) is 3.26. The quantitative estimate of drug-likeness (QED) is 0.890. The van der Waals surface area contributed by atoms with Crippen LogP contribution in [-0.2, 0) is 0 Å². The lowest BCUT2D eigenvalue weighted by Gasteiger charge is -2.17. The molecule has 0 saturated heterocycles. The fourth-order valence-corrected chi connectivity index (χ4v) is 2.42. The zero-order valence-corrected chi connectivity index (χ0v) is 12.7. The van der Waals surface area contributed by atoms with Crippen molar-refractivity contribution < 1.29 is 4.74 Å². The summed E-state index contributed by atoms with van der Waals surface area (Å²) < 4.78 is 5.09. The van der Waals surface area contributed by atoms with Gasteiger partial charge < -0.3 is 15.8 Å². The highest BCUT2D eigenvalue weighted by Crippen LogP contribution is 2.29. The van der Waals surface area contributed by atoms with Crippen LogP contribution in [0.25, 0.3) is 0 Å². The van der Waals surface area contributed by atoms with Crippen LogP contribution in [0.15, 0.2) is 30.3 Å². The number of hydrogen-bond acceptors (Lipinski definition) is 4. The molecule has 1 atom stereocenters. The number of ether oxygens (including phenoxy) is 1. The van der Waals surface area contributed by atoms with Crippen molar-refractivity contribution in [1.29, 1.82) is 0 Å². The highest BCUT2D eigenvalue weighted by molar-refractivity contribution is 6.35. The van der Waals surface area contributed by atoms with E-state index < -0.39 is 0 Å². The molecule has 3 N–H and O–H groups in total. The van der Waals surface area contributed by atoms with Gasteiger partial charge >= 0.3 is 0 Å². The van der Waals surface area contributed by atoms with Gasteiger partial charge in [0, 0.05) is 10.0 Å². The number of methoxy groups -OCH3 is 1. The Hall–Kier alpha value is -1.65. The van der Waals surface area contributed by atoms with Crippen LogP contribution in [-0.4, -0.2) is 12.1 Å². The Morgan fingerprint density at radius 1 is 1.25 bits per heavy atom. The molecule has 0 bridgehead atoms. The molecule has 0 spiro atoms. The van der Waals surface area contributed by atoms with Gasteiger partial charge in [0.2, 0.25) is 5.88 Å². The molecule has 1 heterocycles. The molecule has 0 saturated carbocycles. The number of nitrogens with two attached hydrogens (primary N) is 1. The van der Waals surface area contributed by atoms with Crippen LogP contribution in [0.3, 0.4) is 0 Å². The molecule has 6 heteroatoms. The lowest BCUT2D eigenvalue weighted by atomic mass is 10.1. The summed E-state index contributed by atoms with van der Waals surface area (Å²) in [4.78, 5) is 4.28. The third-order valence-corrected chi connectivity index (χ3v) is 3.44. The van der Waals surface area contributed by atoms with Crippen LogP contribution in [0.4, 0.5) is 11.5 Å². The van der Waals surface area contributed by atoms with Crippen LogP contribution in [0.2, 0.25) is 10.0 Å². The molecule has 20 heavy (non-hydrogen) atoms. The number of halogens is 2. The van der Waals surface area contributed by atoms with E-state index in [0.717, 1.165) is 5.56 Å². The van der Waals surface area contributed by atoms with Crippen molar-refractivity contribution in [2.45, 2.75) is 13.0 Å². The Bertz CT molecular complexity index is 619. The number of rotatable bonds is 4. The molecule has 0 aliphatic rings. The van der Waals surface area contributed by atoms with Crippen LogP contribution in [0.1, 0.15) is 18.5 Å². The topological polar surface area (TPSA) is 60.2 Å². The average Bonchev–Trinajstić information content (AvgIpc) is 2.40. The van der Waals surface area contributed by atoms with Gasteiger partial charge in [-0.3, -0.25) is 0 Å². The van der Waals surface area contributed by atoms with Crippen molar-refractivity contribution in [1.82, 2.24) is 4.98 Å². The van der Waals surface area contributed by atoms with Gasteiger partial charge in [-0.05, 0) is 36.8 Å². The summed E-state index contributed by atoms with van der Waals surface area (Å²) in [7, 11) is 1.53. The Morgan fingerprint density at radius 3 is 2.65 bits per heavy atom. The summed E-state index contributed by atoms with van der Waals surface area (Å²) in [5, 5.41) is 4.47. The normalized spacial score (nSPS) is 12.0. The Balaban J connectivity index is 2.21. The standard InChI is InChI=1S/C14H15Cl2N3O/c1-8(10-4-3-9(15)7-11(10)16)18-13-6-5-12(17)14(19-13)20-2/h3-8H,17H2,1-2H3,(H,18,19). The maximum absolute atomic E-state index is 6.18. The predicted molar refractivity (Wildman–Crippen MR) is 83.7 cm³/mol. The van der Waals surface area contributed by atoms with Gasteiger partial charge in [0.15, 0.2) is 0 Å². The minimum atomic E-state index is -0.0272. The molecule has 0 fully saturated rings. The monoisotopic (exact) mass is 311 g/mol. The smallest absolute Gasteiger partial charge is 0.238 e. The average molecular weight is 312 g/mol. The number of nitrogens with one attached hydrogen (secondary N) is 1. The number of aromatic nitrogens is 1. The van der Waals surface area contributed by atoms with E-state index in [9.17, 15) is 0 Å². The van der Waals surface area contributed by atoms with E-state index in [4.69, 9.17) is 33.7 Å². The SMILES string of the molecule is COc1nc(NC(C)c2ccc(Cl)cc2Cl)ccc1N. The number of nitrogen functional groups attached to an aromatic ring is 1. The first-order valence-corrected chi connectivity index (χ1v) is 6.79. The minimum absolute atomic E-state index is 0.0272. The zero-order valence-electron chi connectivity index (χ0n) is 11.2. The Labute approximate surface area is 127 Å². The fourth-order valence-electron chi connectivity index (χ4n) is 1.85. The number of hydrogen-bond donors (Lipinski definition) is 2. The van der Waals surface area contributed by atoms with E-state index in [2.05, 4.69) is 10.3 Å². The molecule has 0 aliphatic heterocycles. The van der Waals surface area contributed by atoms with E-state index in [1.807, 2.05) is 13.0 Å². The van der Waals surface area contributed by atoms with E-state index in [-0.39, 0.29) is 6.04 Å². The van der Waals surface area contributed by atoms with E-state index in [1.165, 1.54) is 7.11 Å². The molecular formula is C14H15Cl2N3O. The van der Waals surface area contributed by atoms with Gasteiger partial charge in [-0.15, -0.1) is 0 Å². The predicted octanol–water partition coefficient (Wildman–Crippen LogP) is 4.15. The summed E-state index contributed by atoms with van der Waals surface area (Å²) in [5.41, 5.74) is 7.17. The molecule has 0 radical (unpaired) electrons. The summed E-state index contributed by atoms with van der Waals surface area (Å²) in [6.07, 6.45) is 0. The fraction of sp³-hybridized carbons (Fsp3) is 0.214. The van der Waals surface area contributed by atoms with Crippen LogP contribution in [0.5, 0.6) is 5.88 Å². The number of anilines is 2. The Morgan fingerprint density at radius 2 is 2.00 bits per heavy atom. The summed E-state index contributed by atoms with van der Waals surface area (Å²) in [6.45, 7) is 1.99. The minimum Gasteiger partial charge on any atom is -0.479 e. The van der Waals surface area contributed by atoms with Gasteiger partial charge in [-0.2, -0.15) is 4.98 Å². The molecule has 1 aromatic carbocycles. The van der Waals surface area contributed by atoms with E-state index in [1.54, 1.807) is 24.3 Å². The largest absolute Gasteiger partial charge is 0.479 e. The Kier molecular flexibility index (Phi) is 4.57. The number of pyridine rings is 1. The van der Waals surface area contributed by atoms with E-state index in [0.29, 0.717) is 27.4 Å². The molecule has 2 rings (SSSR count). The number of benzene rings is 1. The molecule has 106 valence electrons. The van der Waals surface area contributed by atoms with Gasteiger partial charge in [0.1, 0.15) is 5.82 Å². The number of nitrogens with zero attached hydrogens (tertiary/aromatic N) is 1. The molecule has 0 aliphatic carbocycles. The molecule has 2 aromatic rings. The first-order valence-electron chi connectivity index (χ1n) is 6.03. The highest BCUT2D eigenvalue weighted by Gasteiger charge is 2.11. The first-order chi connectivity index (χ1) is 9.51. The summed E-state index contributed by atoms with van der Waals surface area (Å²) >= 11 is 12.1. The molecule has 0 amide bonds. The lowest BCUT2D eigenvalue weighted by molar-refractivity contribution is 0.401. The van der Waals surface area contributed by atoms with Gasteiger partial charge in [-0.1, -0.05) is 29.3 Å². The molecular weight excluding hydrogens is 297 g/mol. The zero-order chi connectivity index (χ0) is 14.7. The second kappa shape index (κ2) is 6.20. The van der Waals surface area contributed by atoms with Crippen LogP contribution >= 0.6 is 23.2 Å². The van der Waals surface area contributed by atoms with Crippen molar-refractivity contribution >= 4 is 34.7 Å². The molecule has 4 nitrogen and oxygen atoms in total. The van der Waals surface area contributed by atoms with E-state index >= 15 is 0 Å². The molecule has 1 unspecified atom stereocenters. The highest BCUT2D eigenvalue weighted by atomic mass is 35.5. The third-order valence-electron chi connectivity index (χ3n) is 2.88. The maximum Gasteiger partial charge on any atom is 0.238 e. The van der Waals surface area contributed by atoms with Crippen molar-refractivity contribution in [3.63, 3.8) is 0 Å². The van der Waals surface area contributed by atoms with Crippen molar-refractivity contribution in [3.05, 3.63) is 45.9 Å². The second-order valence-electron chi connectivity index (χ2n) is 4.33. The van der Waals surface area contributed by atoms with Crippen molar-refractivity contribution in [2.75, 3.05) is 18.2 Å².